The Labute approximate surface area is 98.0 Å². The molecule has 0 amide bonds. The van der Waals surface area contributed by atoms with Crippen LogP contribution in [0.3, 0.4) is 0 Å². The molecule has 0 atom stereocenters. The minimum absolute atomic E-state index is 0.0591. The molecular formula is C12H23N3O. The molecular weight excluding hydrogens is 202 g/mol. The molecule has 92 valence electrons. The highest BCUT2D eigenvalue weighted by atomic mass is 16.5. The molecule has 1 rings (SSSR count). The lowest BCUT2D eigenvalue weighted by Crippen LogP contribution is -2.22. The summed E-state index contributed by atoms with van der Waals surface area (Å²) in [5, 5.41) is 7.67. The third-order valence-electron chi connectivity index (χ3n) is 2.28. The maximum Gasteiger partial charge on any atom is 0.0590 e. The van der Waals surface area contributed by atoms with Crippen molar-refractivity contribution in [1.82, 2.24) is 15.1 Å². The van der Waals surface area contributed by atoms with Gasteiger partial charge in [-0.15, -0.1) is 0 Å². The Morgan fingerprint density at radius 1 is 1.44 bits per heavy atom. The van der Waals surface area contributed by atoms with Crippen molar-refractivity contribution in [3.8, 4) is 0 Å². The monoisotopic (exact) mass is 225 g/mol. The van der Waals surface area contributed by atoms with Gasteiger partial charge in [-0.05, 0) is 27.7 Å². The summed E-state index contributed by atoms with van der Waals surface area (Å²) in [6.07, 6.45) is 4.01. The first-order valence-electron chi connectivity index (χ1n) is 5.86. The highest BCUT2D eigenvalue weighted by Crippen LogP contribution is 2.12. The van der Waals surface area contributed by atoms with Gasteiger partial charge in [0, 0.05) is 31.5 Å². The van der Waals surface area contributed by atoms with Gasteiger partial charge in [0.1, 0.15) is 0 Å². The van der Waals surface area contributed by atoms with Crippen LogP contribution >= 0.6 is 0 Å². The Bertz CT molecular complexity index is 301. The third kappa shape index (κ3) is 4.33. The number of hydrogen-bond donors (Lipinski definition) is 1. The molecule has 0 fully saturated rings. The first-order chi connectivity index (χ1) is 7.54. The zero-order valence-electron chi connectivity index (χ0n) is 10.8. The maximum absolute atomic E-state index is 5.25. The third-order valence-corrected chi connectivity index (χ3v) is 2.28. The zero-order valence-corrected chi connectivity index (χ0v) is 10.8. The van der Waals surface area contributed by atoms with Crippen LogP contribution in [0.25, 0.3) is 0 Å². The molecule has 0 saturated carbocycles. The topological polar surface area (TPSA) is 39.1 Å². The van der Waals surface area contributed by atoms with Crippen LogP contribution in [-0.2, 0) is 16.8 Å². The molecule has 0 radical (unpaired) electrons. The SMILES string of the molecule is CCOCCNCc1cnn(C(C)(C)C)c1. The van der Waals surface area contributed by atoms with E-state index in [9.17, 15) is 0 Å². The summed E-state index contributed by atoms with van der Waals surface area (Å²) in [5.41, 5.74) is 1.27. The normalized spacial score (nSPS) is 12.0. The average molecular weight is 225 g/mol. The van der Waals surface area contributed by atoms with Gasteiger partial charge in [-0.3, -0.25) is 4.68 Å². The molecule has 0 unspecified atom stereocenters. The van der Waals surface area contributed by atoms with Crippen molar-refractivity contribution in [2.24, 2.45) is 0 Å². The van der Waals surface area contributed by atoms with Gasteiger partial charge in [-0.25, -0.2) is 0 Å². The van der Waals surface area contributed by atoms with Gasteiger partial charge in [0.2, 0.25) is 0 Å². The zero-order chi connectivity index (χ0) is 12.0. The van der Waals surface area contributed by atoms with Crippen LogP contribution in [0.5, 0.6) is 0 Å². The summed E-state index contributed by atoms with van der Waals surface area (Å²) in [6, 6.07) is 0. The molecule has 0 saturated heterocycles. The van der Waals surface area contributed by atoms with Gasteiger partial charge < -0.3 is 10.1 Å². The van der Waals surface area contributed by atoms with Gasteiger partial charge in [-0.2, -0.15) is 5.10 Å². The number of rotatable bonds is 6. The van der Waals surface area contributed by atoms with Gasteiger partial charge in [0.05, 0.1) is 18.3 Å². The highest BCUT2D eigenvalue weighted by Gasteiger charge is 2.13. The number of nitrogens with zero attached hydrogens (tertiary/aromatic N) is 2. The van der Waals surface area contributed by atoms with E-state index in [0.717, 1.165) is 26.3 Å². The van der Waals surface area contributed by atoms with Gasteiger partial charge in [0.15, 0.2) is 0 Å². The van der Waals surface area contributed by atoms with Crippen LogP contribution in [-0.4, -0.2) is 29.5 Å². The molecule has 0 bridgehead atoms. The number of nitrogens with one attached hydrogen (secondary N) is 1. The Balaban J connectivity index is 2.30. The quantitative estimate of drug-likeness (QED) is 0.750. The maximum atomic E-state index is 5.25. The van der Waals surface area contributed by atoms with Crippen molar-refractivity contribution in [2.75, 3.05) is 19.8 Å². The lowest BCUT2D eigenvalue weighted by molar-refractivity contribution is 0.149. The fraction of sp³-hybridized carbons (Fsp3) is 0.750. The average Bonchev–Trinajstić information content (AvgIpc) is 2.65. The molecule has 1 heterocycles. The van der Waals surface area contributed by atoms with Crippen LogP contribution in [0.2, 0.25) is 0 Å². The van der Waals surface area contributed by atoms with E-state index in [1.165, 1.54) is 5.56 Å². The van der Waals surface area contributed by atoms with Crippen molar-refractivity contribution < 1.29 is 4.74 Å². The molecule has 1 aromatic heterocycles. The van der Waals surface area contributed by atoms with Crippen molar-refractivity contribution in [1.29, 1.82) is 0 Å². The molecule has 16 heavy (non-hydrogen) atoms. The first-order valence-corrected chi connectivity index (χ1v) is 5.86. The Morgan fingerprint density at radius 2 is 2.19 bits per heavy atom. The molecule has 4 nitrogen and oxygen atoms in total. The molecule has 4 heteroatoms. The Kier molecular flexibility index (Phi) is 4.96. The minimum Gasteiger partial charge on any atom is -0.380 e. The highest BCUT2D eigenvalue weighted by molar-refractivity contribution is 5.04. The molecule has 0 spiro atoms. The summed E-state index contributed by atoms with van der Waals surface area (Å²) in [5.74, 6) is 0. The van der Waals surface area contributed by atoms with Crippen LogP contribution in [0.15, 0.2) is 12.4 Å². The molecule has 1 aromatic rings. The van der Waals surface area contributed by atoms with E-state index in [1.54, 1.807) is 0 Å². The van der Waals surface area contributed by atoms with Crippen LogP contribution in [0, 0.1) is 0 Å². The molecule has 0 aliphatic carbocycles. The largest absolute Gasteiger partial charge is 0.380 e. The van der Waals surface area contributed by atoms with Crippen molar-refractivity contribution >= 4 is 0 Å². The fourth-order valence-corrected chi connectivity index (χ4v) is 1.34. The summed E-state index contributed by atoms with van der Waals surface area (Å²) in [4.78, 5) is 0. The van der Waals surface area contributed by atoms with E-state index in [4.69, 9.17) is 4.74 Å². The second-order valence-corrected chi connectivity index (χ2v) is 4.84. The number of ether oxygens (including phenoxy) is 1. The standard InChI is InChI=1S/C12H23N3O/c1-5-16-7-6-13-8-11-9-14-15(10-11)12(2,3)4/h9-10,13H,5-8H2,1-4H3. The second-order valence-electron chi connectivity index (χ2n) is 4.84. The van der Waals surface area contributed by atoms with E-state index < -0.39 is 0 Å². The number of aromatic nitrogens is 2. The van der Waals surface area contributed by atoms with Crippen LogP contribution < -0.4 is 5.32 Å². The lowest BCUT2D eigenvalue weighted by Gasteiger charge is -2.18. The van der Waals surface area contributed by atoms with Crippen molar-refractivity contribution in [3.63, 3.8) is 0 Å². The van der Waals surface area contributed by atoms with Gasteiger partial charge >= 0.3 is 0 Å². The van der Waals surface area contributed by atoms with E-state index in [1.807, 2.05) is 17.8 Å². The molecule has 0 aliphatic rings. The second kappa shape index (κ2) is 6.01. The Hall–Kier alpha value is -0.870. The van der Waals surface area contributed by atoms with E-state index in [0.29, 0.717) is 0 Å². The van der Waals surface area contributed by atoms with Crippen LogP contribution in [0.4, 0.5) is 0 Å². The van der Waals surface area contributed by atoms with E-state index in [-0.39, 0.29) is 5.54 Å². The lowest BCUT2D eigenvalue weighted by atomic mass is 10.1. The molecule has 0 aliphatic heterocycles. The summed E-state index contributed by atoms with van der Waals surface area (Å²) >= 11 is 0. The van der Waals surface area contributed by atoms with E-state index in [2.05, 4.69) is 37.4 Å². The number of hydrogen-bond acceptors (Lipinski definition) is 3. The predicted molar refractivity (Wildman–Crippen MR) is 65.4 cm³/mol. The van der Waals surface area contributed by atoms with Crippen molar-refractivity contribution in [2.45, 2.75) is 39.8 Å². The van der Waals surface area contributed by atoms with Crippen LogP contribution in [0.1, 0.15) is 33.3 Å². The fourth-order valence-electron chi connectivity index (χ4n) is 1.34. The predicted octanol–water partition coefficient (Wildman–Crippen LogP) is 1.76. The summed E-state index contributed by atoms with van der Waals surface area (Å²) in [7, 11) is 0. The first kappa shape index (κ1) is 13.2. The van der Waals surface area contributed by atoms with Gasteiger partial charge in [0.25, 0.3) is 0 Å². The van der Waals surface area contributed by atoms with E-state index >= 15 is 0 Å². The van der Waals surface area contributed by atoms with Gasteiger partial charge in [-0.1, -0.05) is 0 Å². The molecule has 1 N–H and O–H groups in total. The summed E-state index contributed by atoms with van der Waals surface area (Å²) in [6.45, 7) is 11.7. The smallest absolute Gasteiger partial charge is 0.0590 e. The summed E-state index contributed by atoms with van der Waals surface area (Å²) < 4.78 is 7.24. The minimum atomic E-state index is 0.0591. The van der Waals surface area contributed by atoms with Crippen molar-refractivity contribution in [3.05, 3.63) is 18.0 Å². The molecule has 0 aromatic carbocycles. The Morgan fingerprint density at radius 3 is 2.75 bits per heavy atom.